The molecular weight excluding hydrogens is 230 g/mol. The second-order valence-corrected chi connectivity index (χ2v) is 4.51. The Morgan fingerprint density at radius 3 is 3.00 bits per heavy atom. The van der Waals surface area contributed by atoms with Gasteiger partial charge in [0, 0.05) is 12.2 Å². The fraction of sp³-hybridized carbons (Fsp3) is 0.500. The smallest absolute Gasteiger partial charge is 0.310 e. The minimum atomic E-state index is -0.158. The predicted octanol–water partition coefficient (Wildman–Crippen LogP) is 2.33. The van der Waals surface area contributed by atoms with Gasteiger partial charge in [0.25, 0.3) is 0 Å². The lowest BCUT2D eigenvalue weighted by atomic mass is 10.1. The minimum absolute atomic E-state index is 0.144. The molecule has 0 radical (unpaired) electrons. The van der Waals surface area contributed by atoms with E-state index in [4.69, 9.17) is 9.47 Å². The molecule has 4 heteroatoms. The van der Waals surface area contributed by atoms with Crippen LogP contribution in [0.4, 0.5) is 5.69 Å². The molecule has 0 saturated heterocycles. The van der Waals surface area contributed by atoms with Crippen molar-refractivity contribution in [3.8, 4) is 0 Å². The van der Waals surface area contributed by atoms with E-state index in [2.05, 4.69) is 17.4 Å². The summed E-state index contributed by atoms with van der Waals surface area (Å²) in [6.45, 7) is 6.07. The molecule has 1 aromatic rings. The quantitative estimate of drug-likeness (QED) is 0.814. The zero-order valence-electron chi connectivity index (χ0n) is 10.9. The van der Waals surface area contributed by atoms with E-state index in [9.17, 15) is 4.79 Å². The summed E-state index contributed by atoms with van der Waals surface area (Å²) in [4.78, 5) is 11.5. The molecule has 0 bridgehead atoms. The van der Waals surface area contributed by atoms with Crippen molar-refractivity contribution in [2.24, 2.45) is 5.92 Å². The molecule has 0 spiro atoms. The van der Waals surface area contributed by atoms with Gasteiger partial charge in [0.15, 0.2) is 0 Å². The molecule has 0 amide bonds. The number of carbonyl (C=O) groups excluding carboxylic acids is 1. The number of fused-ring (bicyclic) bond motifs is 1. The maximum atomic E-state index is 11.5. The standard InChI is InChI=1S/C14H19NO3/c1-3-18-14(16)10(2)7-15-13-5-4-11-8-17-9-12(11)6-13/h4-6,10,15H,3,7-9H2,1-2H3. The molecule has 0 aliphatic carbocycles. The lowest BCUT2D eigenvalue weighted by Gasteiger charge is -2.13. The molecule has 0 saturated carbocycles. The van der Waals surface area contributed by atoms with Crippen molar-refractivity contribution >= 4 is 11.7 Å². The van der Waals surface area contributed by atoms with Crippen molar-refractivity contribution in [3.63, 3.8) is 0 Å². The van der Waals surface area contributed by atoms with Crippen molar-refractivity contribution in [3.05, 3.63) is 29.3 Å². The Balaban J connectivity index is 1.88. The fourth-order valence-electron chi connectivity index (χ4n) is 1.92. The van der Waals surface area contributed by atoms with Gasteiger partial charge < -0.3 is 14.8 Å². The molecule has 2 rings (SSSR count). The molecule has 1 atom stereocenters. The van der Waals surface area contributed by atoms with Crippen LogP contribution in [0.5, 0.6) is 0 Å². The summed E-state index contributed by atoms with van der Waals surface area (Å²) >= 11 is 0. The van der Waals surface area contributed by atoms with Crippen LogP contribution in [0.15, 0.2) is 18.2 Å². The minimum Gasteiger partial charge on any atom is -0.466 e. The number of anilines is 1. The number of carbonyl (C=O) groups is 1. The van der Waals surface area contributed by atoms with E-state index in [0.717, 1.165) is 5.69 Å². The van der Waals surface area contributed by atoms with Crippen LogP contribution in [0.2, 0.25) is 0 Å². The largest absolute Gasteiger partial charge is 0.466 e. The molecule has 98 valence electrons. The molecule has 1 aliphatic rings. The monoisotopic (exact) mass is 249 g/mol. The molecule has 1 aromatic carbocycles. The van der Waals surface area contributed by atoms with E-state index in [0.29, 0.717) is 26.4 Å². The van der Waals surface area contributed by atoms with Gasteiger partial charge in [-0.2, -0.15) is 0 Å². The molecule has 1 aliphatic heterocycles. The molecule has 1 unspecified atom stereocenters. The van der Waals surface area contributed by atoms with E-state index < -0.39 is 0 Å². The average molecular weight is 249 g/mol. The normalized spacial score (nSPS) is 15.0. The van der Waals surface area contributed by atoms with Crippen LogP contribution >= 0.6 is 0 Å². The van der Waals surface area contributed by atoms with Crippen LogP contribution in [0.3, 0.4) is 0 Å². The lowest BCUT2D eigenvalue weighted by Crippen LogP contribution is -2.22. The van der Waals surface area contributed by atoms with E-state index in [-0.39, 0.29) is 11.9 Å². The molecular formula is C14H19NO3. The Morgan fingerprint density at radius 1 is 1.44 bits per heavy atom. The van der Waals surface area contributed by atoms with Gasteiger partial charge in [-0.3, -0.25) is 4.79 Å². The van der Waals surface area contributed by atoms with Gasteiger partial charge in [0.05, 0.1) is 25.7 Å². The average Bonchev–Trinajstić information content (AvgIpc) is 2.83. The SMILES string of the molecule is CCOC(=O)C(C)CNc1ccc2c(c1)COC2. The highest BCUT2D eigenvalue weighted by Crippen LogP contribution is 2.23. The number of benzene rings is 1. The first-order chi connectivity index (χ1) is 8.70. The Labute approximate surface area is 107 Å². The third kappa shape index (κ3) is 3.01. The first-order valence-electron chi connectivity index (χ1n) is 6.30. The highest BCUT2D eigenvalue weighted by Gasteiger charge is 2.14. The molecule has 0 aromatic heterocycles. The first kappa shape index (κ1) is 12.9. The van der Waals surface area contributed by atoms with Crippen LogP contribution in [-0.2, 0) is 27.5 Å². The van der Waals surface area contributed by atoms with E-state index >= 15 is 0 Å². The van der Waals surface area contributed by atoms with Crippen LogP contribution in [0, 0.1) is 5.92 Å². The second kappa shape index (κ2) is 5.87. The van der Waals surface area contributed by atoms with Gasteiger partial charge in [0.2, 0.25) is 0 Å². The molecule has 4 nitrogen and oxygen atoms in total. The number of esters is 1. The van der Waals surface area contributed by atoms with Crippen molar-refractivity contribution in [2.45, 2.75) is 27.1 Å². The van der Waals surface area contributed by atoms with Gasteiger partial charge in [-0.05, 0) is 30.2 Å². The summed E-state index contributed by atoms with van der Waals surface area (Å²) in [5.74, 6) is -0.302. The molecule has 1 heterocycles. The zero-order valence-corrected chi connectivity index (χ0v) is 10.9. The van der Waals surface area contributed by atoms with Crippen LogP contribution < -0.4 is 5.32 Å². The van der Waals surface area contributed by atoms with Gasteiger partial charge in [0.1, 0.15) is 0 Å². The number of ether oxygens (including phenoxy) is 2. The van der Waals surface area contributed by atoms with E-state index in [1.807, 2.05) is 19.9 Å². The first-order valence-corrected chi connectivity index (χ1v) is 6.30. The maximum absolute atomic E-state index is 11.5. The van der Waals surface area contributed by atoms with Crippen LogP contribution in [0.1, 0.15) is 25.0 Å². The van der Waals surface area contributed by atoms with Gasteiger partial charge in [-0.25, -0.2) is 0 Å². The Bertz CT molecular complexity index is 431. The number of nitrogens with one attached hydrogen (secondary N) is 1. The van der Waals surface area contributed by atoms with Crippen molar-refractivity contribution in [1.29, 1.82) is 0 Å². The summed E-state index contributed by atoms with van der Waals surface area (Å²) in [7, 11) is 0. The molecule has 1 N–H and O–H groups in total. The topological polar surface area (TPSA) is 47.6 Å². The van der Waals surface area contributed by atoms with Crippen molar-refractivity contribution in [1.82, 2.24) is 0 Å². The van der Waals surface area contributed by atoms with Gasteiger partial charge in [-0.15, -0.1) is 0 Å². The third-order valence-electron chi connectivity index (χ3n) is 3.02. The summed E-state index contributed by atoms with van der Waals surface area (Å²) in [5.41, 5.74) is 3.50. The Hall–Kier alpha value is -1.55. The second-order valence-electron chi connectivity index (χ2n) is 4.51. The number of hydrogen-bond donors (Lipinski definition) is 1. The van der Waals surface area contributed by atoms with Gasteiger partial charge >= 0.3 is 5.97 Å². The molecule has 18 heavy (non-hydrogen) atoms. The maximum Gasteiger partial charge on any atom is 0.310 e. The predicted molar refractivity (Wildman–Crippen MR) is 69.2 cm³/mol. The lowest BCUT2D eigenvalue weighted by molar-refractivity contribution is -0.146. The highest BCUT2D eigenvalue weighted by molar-refractivity contribution is 5.72. The summed E-state index contributed by atoms with van der Waals surface area (Å²) in [5, 5.41) is 3.26. The summed E-state index contributed by atoms with van der Waals surface area (Å²) in [6.07, 6.45) is 0. The molecule has 0 fully saturated rings. The van der Waals surface area contributed by atoms with Crippen molar-refractivity contribution in [2.75, 3.05) is 18.5 Å². The van der Waals surface area contributed by atoms with E-state index in [1.165, 1.54) is 11.1 Å². The van der Waals surface area contributed by atoms with Gasteiger partial charge in [-0.1, -0.05) is 13.0 Å². The Morgan fingerprint density at radius 2 is 2.22 bits per heavy atom. The highest BCUT2D eigenvalue weighted by atomic mass is 16.5. The van der Waals surface area contributed by atoms with E-state index in [1.54, 1.807) is 0 Å². The third-order valence-corrected chi connectivity index (χ3v) is 3.02. The number of rotatable bonds is 5. The fourth-order valence-corrected chi connectivity index (χ4v) is 1.92. The van der Waals surface area contributed by atoms with Crippen LogP contribution in [-0.4, -0.2) is 19.1 Å². The summed E-state index contributed by atoms with van der Waals surface area (Å²) < 4.78 is 10.3. The van der Waals surface area contributed by atoms with Crippen LogP contribution in [0.25, 0.3) is 0 Å². The Kier molecular flexibility index (Phi) is 4.20. The summed E-state index contributed by atoms with van der Waals surface area (Å²) in [6, 6.07) is 6.17. The number of hydrogen-bond acceptors (Lipinski definition) is 4. The zero-order chi connectivity index (χ0) is 13.0. The van der Waals surface area contributed by atoms with Crippen molar-refractivity contribution < 1.29 is 14.3 Å².